The number of rotatable bonds is 10. The number of benzene rings is 1. The molecule has 0 aliphatic rings. The summed E-state index contributed by atoms with van der Waals surface area (Å²) in [6.07, 6.45) is 4.30. The molecule has 1 heterocycles. The highest BCUT2D eigenvalue weighted by atomic mass is 19.2. The van der Waals surface area contributed by atoms with Crippen molar-refractivity contribution in [2.45, 2.75) is 25.3 Å². The van der Waals surface area contributed by atoms with Crippen LogP contribution in [0, 0.1) is 17.5 Å². The average molecular weight is 395 g/mol. The number of nitrogens with zero attached hydrogens (tertiary/aromatic N) is 1. The van der Waals surface area contributed by atoms with E-state index in [4.69, 9.17) is 10.5 Å². The minimum atomic E-state index is -1.52. The summed E-state index contributed by atoms with van der Waals surface area (Å²) in [6, 6.07) is 3.31. The van der Waals surface area contributed by atoms with Crippen LogP contribution in [0.5, 0.6) is 5.75 Å². The summed E-state index contributed by atoms with van der Waals surface area (Å²) < 4.78 is 45.4. The molecule has 0 saturated heterocycles. The predicted octanol–water partition coefficient (Wildman–Crippen LogP) is 2.37. The van der Waals surface area contributed by atoms with Crippen molar-refractivity contribution in [3.8, 4) is 5.75 Å². The summed E-state index contributed by atoms with van der Waals surface area (Å²) in [5, 5.41) is 2.57. The Bertz CT molecular complexity index is 819. The zero-order valence-electron chi connectivity index (χ0n) is 15.0. The third-order valence-corrected chi connectivity index (χ3v) is 3.94. The molecule has 150 valence electrons. The number of ketones is 1. The number of carbonyl (C=O) groups excluding carboxylic acids is 2. The lowest BCUT2D eigenvalue weighted by atomic mass is 10.0. The summed E-state index contributed by atoms with van der Waals surface area (Å²) >= 11 is 0. The average Bonchev–Trinajstić information content (AvgIpc) is 2.70. The van der Waals surface area contributed by atoms with Crippen LogP contribution in [0.15, 0.2) is 36.7 Å². The Morgan fingerprint density at radius 3 is 2.43 bits per heavy atom. The molecule has 0 saturated carbocycles. The standard InChI is InChI=1S/C19H20F3N3O3/c20-13-4-5-14(21)18(17(13)22)28-11-16(26)15(3-1-2-8-23)25-19(27)12-6-9-24-10-7-12/h4-7,9-10,15H,1-3,8,11,23H2,(H,25,27). The van der Waals surface area contributed by atoms with Crippen LogP contribution in [-0.4, -0.2) is 35.9 Å². The molecular formula is C19H20F3N3O3. The molecule has 0 spiro atoms. The fraction of sp³-hybridized carbons (Fsp3) is 0.316. The van der Waals surface area contributed by atoms with Crippen molar-refractivity contribution in [3.05, 3.63) is 59.7 Å². The second-order valence-corrected chi connectivity index (χ2v) is 5.97. The number of unbranched alkanes of at least 4 members (excludes halogenated alkanes) is 1. The Morgan fingerprint density at radius 1 is 1.07 bits per heavy atom. The van der Waals surface area contributed by atoms with E-state index in [-0.39, 0.29) is 6.42 Å². The predicted molar refractivity (Wildman–Crippen MR) is 95.2 cm³/mol. The number of carbonyl (C=O) groups is 2. The van der Waals surface area contributed by atoms with Crippen molar-refractivity contribution in [1.82, 2.24) is 10.3 Å². The lowest BCUT2D eigenvalue weighted by Gasteiger charge is -2.18. The summed E-state index contributed by atoms with van der Waals surface area (Å²) in [5.41, 5.74) is 5.74. The number of halogens is 3. The highest BCUT2D eigenvalue weighted by Crippen LogP contribution is 2.23. The topological polar surface area (TPSA) is 94.3 Å². The number of hydrogen-bond acceptors (Lipinski definition) is 5. The van der Waals surface area contributed by atoms with Gasteiger partial charge in [-0.05, 0) is 50.1 Å². The fourth-order valence-corrected chi connectivity index (χ4v) is 2.44. The molecule has 0 aliphatic carbocycles. The minimum Gasteiger partial charge on any atom is -0.480 e. The molecule has 3 N–H and O–H groups in total. The number of ether oxygens (including phenoxy) is 1. The molecule has 28 heavy (non-hydrogen) atoms. The number of amides is 1. The fourth-order valence-electron chi connectivity index (χ4n) is 2.44. The molecule has 1 unspecified atom stereocenters. The Hall–Kier alpha value is -2.94. The van der Waals surface area contributed by atoms with Crippen LogP contribution in [0.3, 0.4) is 0 Å². The Kier molecular flexibility index (Phi) is 7.94. The molecule has 0 radical (unpaired) electrons. The summed E-state index contributed by atoms with van der Waals surface area (Å²) in [6.45, 7) is -0.323. The van der Waals surface area contributed by atoms with Gasteiger partial charge in [0.05, 0.1) is 6.04 Å². The van der Waals surface area contributed by atoms with Gasteiger partial charge in [0.1, 0.15) is 6.61 Å². The molecule has 0 aliphatic heterocycles. The van der Waals surface area contributed by atoms with Crippen LogP contribution < -0.4 is 15.8 Å². The van der Waals surface area contributed by atoms with Crippen LogP contribution in [0.1, 0.15) is 29.6 Å². The molecular weight excluding hydrogens is 375 g/mol. The van der Waals surface area contributed by atoms with E-state index in [0.29, 0.717) is 37.1 Å². The van der Waals surface area contributed by atoms with Crippen molar-refractivity contribution in [1.29, 1.82) is 0 Å². The maximum absolute atomic E-state index is 13.7. The SMILES string of the molecule is NCCCCC(NC(=O)c1ccncc1)C(=O)COc1c(F)ccc(F)c1F. The molecule has 9 heteroatoms. The maximum Gasteiger partial charge on any atom is 0.251 e. The lowest BCUT2D eigenvalue weighted by Crippen LogP contribution is -2.43. The maximum atomic E-state index is 13.7. The quantitative estimate of drug-likeness (QED) is 0.476. The molecule has 1 aromatic carbocycles. The van der Waals surface area contributed by atoms with Crippen molar-refractivity contribution in [2.24, 2.45) is 5.73 Å². The molecule has 2 rings (SSSR count). The molecule has 1 aromatic heterocycles. The van der Waals surface area contributed by atoms with Gasteiger partial charge < -0.3 is 15.8 Å². The number of nitrogens with two attached hydrogens (primary N) is 1. The molecule has 0 fully saturated rings. The van der Waals surface area contributed by atoms with Gasteiger partial charge in [0, 0.05) is 18.0 Å². The molecule has 6 nitrogen and oxygen atoms in total. The zero-order chi connectivity index (χ0) is 20.5. The van der Waals surface area contributed by atoms with Gasteiger partial charge in [-0.3, -0.25) is 14.6 Å². The van der Waals surface area contributed by atoms with Crippen LogP contribution in [0.2, 0.25) is 0 Å². The highest BCUT2D eigenvalue weighted by molar-refractivity contribution is 5.98. The first-order valence-corrected chi connectivity index (χ1v) is 8.64. The van der Waals surface area contributed by atoms with E-state index in [1.54, 1.807) is 0 Å². The first-order chi connectivity index (χ1) is 13.4. The van der Waals surface area contributed by atoms with Crippen LogP contribution in [0.4, 0.5) is 13.2 Å². The van der Waals surface area contributed by atoms with Gasteiger partial charge in [0.2, 0.25) is 5.82 Å². The van der Waals surface area contributed by atoms with Crippen LogP contribution >= 0.6 is 0 Å². The summed E-state index contributed by atoms with van der Waals surface area (Å²) in [5.74, 6) is -6.04. The normalized spacial score (nSPS) is 11.7. The smallest absolute Gasteiger partial charge is 0.251 e. The monoisotopic (exact) mass is 395 g/mol. The number of pyridine rings is 1. The molecule has 1 atom stereocenters. The number of hydrogen-bond donors (Lipinski definition) is 2. The molecule has 1 amide bonds. The number of Topliss-reactive ketones (excluding diaryl/α,β-unsaturated/α-hetero) is 1. The highest BCUT2D eigenvalue weighted by Gasteiger charge is 2.23. The van der Waals surface area contributed by atoms with Gasteiger partial charge in [-0.1, -0.05) is 0 Å². The van der Waals surface area contributed by atoms with Gasteiger partial charge in [0.15, 0.2) is 23.2 Å². The van der Waals surface area contributed by atoms with Crippen molar-refractivity contribution in [3.63, 3.8) is 0 Å². The Labute approximate surface area is 159 Å². The second kappa shape index (κ2) is 10.4. The van der Waals surface area contributed by atoms with E-state index in [1.807, 2.05) is 0 Å². The van der Waals surface area contributed by atoms with Gasteiger partial charge >= 0.3 is 0 Å². The van der Waals surface area contributed by atoms with E-state index in [9.17, 15) is 22.8 Å². The van der Waals surface area contributed by atoms with Crippen molar-refractivity contribution in [2.75, 3.05) is 13.2 Å². The van der Waals surface area contributed by atoms with E-state index in [2.05, 4.69) is 10.3 Å². The lowest BCUT2D eigenvalue weighted by molar-refractivity contribution is -0.123. The third-order valence-electron chi connectivity index (χ3n) is 3.94. The van der Waals surface area contributed by atoms with E-state index in [1.165, 1.54) is 24.5 Å². The van der Waals surface area contributed by atoms with E-state index in [0.717, 1.165) is 0 Å². The first kappa shape index (κ1) is 21.4. The zero-order valence-corrected chi connectivity index (χ0v) is 15.0. The molecule has 0 bridgehead atoms. The number of aromatic nitrogens is 1. The number of nitrogens with one attached hydrogen (secondary N) is 1. The second-order valence-electron chi connectivity index (χ2n) is 5.97. The van der Waals surface area contributed by atoms with Gasteiger partial charge in [0.25, 0.3) is 5.91 Å². The van der Waals surface area contributed by atoms with Crippen LogP contribution in [0.25, 0.3) is 0 Å². The first-order valence-electron chi connectivity index (χ1n) is 8.64. The third kappa shape index (κ3) is 5.78. The summed E-state index contributed by atoms with van der Waals surface area (Å²) in [4.78, 5) is 28.6. The van der Waals surface area contributed by atoms with Crippen molar-refractivity contribution >= 4 is 11.7 Å². The summed E-state index contributed by atoms with van der Waals surface area (Å²) in [7, 11) is 0. The Morgan fingerprint density at radius 2 is 1.75 bits per heavy atom. The van der Waals surface area contributed by atoms with Gasteiger partial charge in [-0.2, -0.15) is 4.39 Å². The molecule has 2 aromatic rings. The Balaban J connectivity index is 2.06. The minimum absolute atomic E-state index is 0.268. The largest absolute Gasteiger partial charge is 0.480 e. The van der Waals surface area contributed by atoms with Crippen molar-refractivity contribution < 1.29 is 27.5 Å². The van der Waals surface area contributed by atoms with E-state index < -0.39 is 47.5 Å². The van der Waals surface area contributed by atoms with E-state index >= 15 is 0 Å². The van der Waals surface area contributed by atoms with Crippen LogP contribution in [-0.2, 0) is 4.79 Å². The van der Waals surface area contributed by atoms with Gasteiger partial charge in [-0.15, -0.1) is 0 Å². The van der Waals surface area contributed by atoms with Gasteiger partial charge in [-0.25, -0.2) is 8.78 Å².